The third-order valence-corrected chi connectivity index (χ3v) is 10.2. The molecule has 2 saturated heterocycles. The Morgan fingerprint density at radius 3 is 1.96 bits per heavy atom. The molecule has 45 heavy (non-hydrogen) atoms. The van der Waals surface area contributed by atoms with Crippen LogP contribution in [-0.2, 0) is 11.0 Å². The van der Waals surface area contributed by atoms with Gasteiger partial charge in [-0.25, -0.2) is 4.79 Å². The second-order valence-electron chi connectivity index (χ2n) is 12.8. The third kappa shape index (κ3) is 8.87. The first-order chi connectivity index (χ1) is 21.9. The van der Waals surface area contributed by atoms with Crippen molar-refractivity contribution < 1.29 is 15.0 Å². The van der Waals surface area contributed by atoms with Gasteiger partial charge in [0.1, 0.15) is 0 Å². The van der Waals surface area contributed by atoms with Crippen LogP contribution in [0.15, 0.2) is 84.9 Å². The quantitative estimate of drug-likeness (QED) is 0.199. The minimum absolute atomic E-state index is 0.113. The molecule has 2 aliphatic rings. The number of hydrogen-bond acceptors (Lipinski definition) is 5. The second-order valence-corrected chi connectivity index (χ2v) is 13.3. The van der Waals surface area contributed by atoms with Crippen molar-refractivity contribution in [2.75, 3.05) is 52.4 Å². The predicted molar refractivity (Wildman–Crippen MR) is 182 cm³/mol. The van der Waals surface area contributed by atoms with Gasteiger partial charge in [-0.3, -0.25) is 0 Å². The van der Waals surface area contributed by atoms with Gasteiger partial charge in [-0.1, -0.05) is 84.4 Å². The minimum Gasteiger partial charge on any atom is -0.396 e. The Morgan fingerprint density at radius 2 is 1.38 bits per heavy atom. The van der Waals surface area contributed by atoms with Gasteiger partial charge in [-0.15, -0.1) is 0 Å². The first-order valence-corrected chi connectivity index (χ1v) is 17.0. The van der Waals surface area contributed by atoms with E-state index in [-0.39, 0.29) is 24.1 Å². The number of aliphatic hydroxyl groups excluding tert-OH is 1. The van der Waals surface area contributed by atoms with Gasteiger partial charge in [0.15, 0.2) is 0 Å². The monoisotopic (exact) mass is 632 g/mol. The Bertz CT molecular complexity index is 1270. The summed E-state index contributed by atoms with van der Waals surface area (Å²) in [6.45, 7) is 6.11. The zero-order valence-corrected chi connectivity index (χ0v) is 27.1. The molecule has 0 atom stereocenters. The van der Waals surface area contributed by atoms with Crippen LogP contribution in [0.4, 0.5) is 4.79 Å². The van der Waals surface area contributed by atoms with E-state index in [1.165, 1.54) is 11.1 Å². The topological polar surface area (TPSA) is 88.1 Å². The first kappa shape index (κ1) is 33.4. The fourth-order valence-corrected chi connectivity index (χ4v) is 7.25. The van der Waals surface area contributed by atoms with Gasteiger partial charge in [-0.2, -0.15) is 0 Å². The molecule has 242 valence electrons. The molecule has 0 radical (unpaired) electrons. The summed E-state index contributed by atoms with van der Waals surface area (Å²) in [6.07, 6.45) is 5.86. The number of nitrogens with one attached hydrogen (secondary N) is 2. The molecular formula is C37H49ClN4O3. The standard InChI is InChI=1S/C37H49ClN4O3/c38-33-15-13-32(14-16-33)37(45)20-26-42(27-21-37)22-7-19-36(30-9-3-1-4-10-30,31-11-5-2-6-12-31)29-39-35(44)40-34-17-24-41(25-18-34)23-8-28-43/h1-6,9-16,34,43,45H,7-8,17-29H2,(H2,39,40,44). The van der Waals surface area contributed by atoms with Crippen molar-refractivity contribution in [2.45, 2.75) is 62.0 Å². The van der Waals surface area contributed by atoms with Crippen molar-refractivity contribution >= 4 is 17.6 Å². The highest BCUT2D eigenvalue weighted by atomic mass is 35.5. The van der Waals surface area contributed by atoms with Crippen molar-refractivity contribution in [1.82, 2.24) is 20.4 Å². The summed E-state index contributed by atoms with van der Waals surface area (Å²) in [5, 5.41) is 27.7. The maximum absolute atomic E-state index is 13.3. The first-order valence-electron chi connectivity index (χ1n) is 16.6. The highest BCUT2D eigenvalue weighted by molar-refractivity contribution is 6.30. The van der Waals surface area contributed by atoms with Crippen molar-refractivity contribution in [3.05, 3.63) is 107 Å². The fourth-order valence-electron chi connectivity index (χ4n) is 7.12. The SMILES string of the molecule is O=C(NCC(CCCN1CCC(O)(c2ccc(Cl)cc2)CC1)(c1ccccc1)c1ccccc1)NC1CCN(CCCO)CC1. The molecule has 0 unspecified atom stereocenters. The summed E-state index contributed by atoms with van der Waals surface area (Å²) in [7, 11) is 0. The Kier molecular flexibility index (Phi) is 11.9. The zero-order chi connectivity index (χ0) is 31.5. The van der Waals surface area contributed by atoms with Crippen LogP contribution in [0.5, 0.6) is 0 Å². The molecule has 0 aromatic heterocycles. The highest BCUT2D eigenvalue weighted by Gasteiger charge is 2.37. The van der Waals surface area contributed by atoms with Crippen molar-refractivity contribution in [3.63, 3.8) is 0 Å². The smallest absolute Gasteiger partial charge is 0.315 e. The van der Waals surface area contributed by atoms with Crippen LogP contribution in [0.25, 0.3) is 0 Å². The maximum Gasteiger partial charge on any atom is 0.315 e. The summed E-state index contributed by atoms with van der Waals surface area (Å²) in [4.78, 5) is 18.1. The molecular weight excluding hydrogens is 584 g/mol. The molecule has 2 fully saturated rings. The number of piperidine rings is 2. The molecule has 2 amide bonds. The van der Waals surface area contributed by atoms with E-state index < -0.39 is 5.60 Å². The average Bonchev–Trinajstić information content (AvgIpc) is 3.08. The molecule has 3 aromatic carbocycles. The van der Waals surface area contributed by atoms with E-state index in [0.29, 0.717) is 24.4 Å². The number of urea groups is 1. The third-order valence-electron chi connectivity index (χ3n) is 9.90. The number of carbonyl (C=O) groups is 1. The maximum atomic E-state index is 13.3. The number of rotatable bonds is 13. The van der Waals surface area contributed by atoms with Crippen LogP contribution < -0.4 is 10.6 Å². The summed E-state index contributed by atoms with van der Waals surface area (Å²) in [5.74, 6) is 0. The van der Waals surface area contributed by atoms with Crippen LogP contribution in [0.2, 0.25) is 5.02 Å². The molecule has 7 nitrogen and oxygen atoms in total. The summed E-state index contributed by atoms with van der Waals surface area (Å²) >= 11 is 6.08. The number of carbonyl (C=O) groups excluding carboxylic acids is 1. The number of nitrogens with zero attached hydrogens (tertiary/aromatic N) is 2. The lowest BCUT2D eigenvalue weighted by atomic mass is 9.71. The second kappa shape index (κ2) is 16.1. The normalized spacial score (nSPS) is 18.0. The number of hydrogen-bond donors (Lipinski definition) is 4. The molecule has 4 N–H and O–H groups in total. The largest absolute Gasteiger partial charge is 0.396 e. The molecule has 5 rings (SSSR count). The van der Waals surface area contributed by atoms with Gasteiger partial charge < -0.3 is 30.6 Å². The van der Waals surface area contributed by atoms with E-state index in [2.05, 4.69) is 69.0 Å². The Morgan fingerprint density at radius 1 is 0.822 bits per heavy atom. The van der Waals surface area contributed by atoms with Gasteiger partial charge in [0.05, 0.1) is 5.60 Å². The molecule has 8 heteroatoms. The van der Waals surface area contributed by atoms with E-state index in [0.717, 1.165) is 76.9 Å². The van der Waals surface area contributed by atoms with Crippen molar-refractivity contribution in [2.24, 2.45) is 0 Å². The van der Waals surface area contributed by atoms with Crippen LogP contribution >= 0.6 is 11.6 Å². The number of likely N-dealkylation sites (tertiary alicyclic amines) is 2. The zero-order valence-electron chi connectivity index (χ0n) is 26.3. The summed E-state index contributed by atoms with van der Waals surface area (Å²) < 4.78 is 0. The van der Waals surface area contributed by atoms with Crippen LogP contribution in [-0.4, -0.2) is 84.5 Å². The van der Waals surface area contributed by atoms with E-state index in [9.17, 15) is 9.90 Å². The number of aliphatic hydroxyl groups is 2. The summed E-state index contributed by atoms with van der Waals surface area (Å²) in [6, 6.07) is 28.8. The Labute approximate surface area is 273 Å². The van der Waals surface area contributed by atoms with Crippen LogP contribution in [0, 0.1) is 0 Å². The van der Waals surface area contributed by atoms with E-state index in [1.54, 1.807) is 0 Å². The average molecular weight is 633 g/mol. The number of amides is 2. The molecule has 2 heterocycles. The number of benzene rings is 3. The lowest BCUT2D eigenvalue weighted by Gasteiger charge is -2.40. The summed E-state index contributed by atoms with van der Waals surface area (Å²) in [5.41, 5.74) is 2.14. The molecule has 0 bridgehead atoms. The predicted octanol–water partition coefficient (Wildman–Crippen LogP) is 5.54. The minimum atomic E-state index is -0.813. The van der Waals surface area contributed by atoms with E-state index >= 15 is 0 Å². The highest BCUT2D eigenvalue weighted by Crippen LogP contribution is 2.38. The molecule has 0 saturated carbocycles. The van der Waals surface area contributed by atoms with Gasteiger partial charge in [0.2, 0.25) is 0 Å². The fraction of sp³-hybridized carbons (Fsp3) is 0.486. The number of halogens is 1. The van der Waals surface area contributed by atoms with Gasteiger partial charge in [0, 0.05) is 62.4 Å². The Hall–Kier alpha value is -2.94. The van der Waals surface area contributed by atoms with Gasteiger partial charge >= 0.3 is 6.03 Å². The molecule has 0 spiro atoms. The molecule has 3 aromatic rings. The van der Waals surface area contributed by atoms with E-state index in [1.807, 2.05) is 36.4 Å². The van der Waals surface area contributed by atoms with Crippen molar-refractivity contribution in [1.29, 1.82) is 0 Å². The lowest BCUT2D eigenvalue weighted by molar-refractivity contribution is -0.0262. The van der Waals surface area contributed by atoms with Crippen LogP contribution in [0.1, 0.15) is 61.6 Å². The molecule has 0 aliphatic carbocycles. The molecule has 2 aliphatic heterocycles. The van der Waals surface area contributed by atoms with E-state index in [4.69, 9.17) is 16.7 Å². The van der Waals surface area contributed by atoms with Gasteiger partial charge in [-0.05, 0) is 80.3 Å². The van der Waals surface area contributed by atoms with Crippen molar-refractivity contribution in [3.8, 4) is 0 Å². The van der Waals surface area contributed by atoms with Crippen LogP contribution in [0.3, 0.4) is 0 Å². The Balaban J connectivity index is 1.23. The lowest BCUT2D eigenvalue weighted by Crippen LogP contribution is -2.51. The van der Waals surface area contributed by atoms with Gasteiger partial charge in [0.25, 0.3) is 0 Å².